The molecule has 1 aliphatic rings. The molecule has 0 heterocycles. The van der Waals surface area contributed by atoms with Crippen molar-refractivity contribution in [2.24, 2.45) is 0 Å². The van der Waals surface area contributed by atoms with Crippen molar-refractivity contribution in [3.05, 3.63) is 117 Å². The molecule has 45 heavy (non-hydrogen) atoms. The lowest BCUT2D eigenvalue weighted by Crippen LogP contribution is -2.25. The molecule has 0 fully saturated rings. The summed E-state index contributed by atoms with van der Waals surface area (Å²) in [5, 5.41) is 1.56. The highest BCUT2D eigenvalue weighted by atomic mass is 35.5. The van der Waals surface area contributed by atoms with Crippen LogP contribution in [-0.4, -0.2) is 0 Å². The van der Waals surface area contributed by atoms with Crippen LogP contribution in [0.4, 0.5) is 0 Å². The minimum atomic E-state index is 0.0345. The van der Waals surface area contributed by atoms with Gasteiger partial charge >= 0.3 is 0 Å². The molecular formula is C43H50Cl2. The molecule has 0 saturated heterocycles. The Kier molecular flexibility index (Phi) is 12.4. The highest BCUT2D eigenvalue weighted by molar-refractivity contribution is 6.30. The van der Waals surface area contributed by atoms with Crippen LogP contribution in [0.2, 0.25) is 10.0 Å². The molecule has 0 nitrogen and oxygen atoms in total. The van der Waals surface area contributed by atoms with Gasteiger partial charge in [-0.05, 0) is 87.7 Å². The number of unbranched alkanes of at least 4 members (excludes halogenated alkanes) is 10. The average Bonchev–Trinajstić information content (AvgIpc) is 3.32. The molecule has 5 rings (SSSR count). The molecule has 0 aliphatic heterocycles. The summed E-state index contributed by atoms with van der Waals surface area (Å²) in [5.74, 6) is 0. The van der Waals surface area contributed by atoms with Crippen molar-refractivity contribution in [2.75, 3.05) is 0 Å². The van der Waals surface area contributed by atoms with Crippen LogP contribution in [0.15, 0.2) is 84.9 Å². The van der Waals surface area contributed by atoms with Gasteiger partial charge in [-0.1, -0.05) is 181 Å². The lowest BCUT2D eigenvalue weighted by atomic mass is 9.70. The van der Waals surface area contributed by atoms with Crippen molar-refractivity contribution in [1.29, 1.82) is 0 Å². The zero-order valence-electron chi connectivity index (χ0n) is 27.4. The van der Waals surface area contributed by atoms with E-state index in [-0.39, 0.29) is 5.41 Å². The highest BCUT2D eigenvalue weighted by Crippen LogP contribution is 2.55. The summed E-state index contributed by atoms with van der Waals surface area (Å²) in [4.78, 5) is 0. The molecule has 0 amide bonds. The number of fused-ring (bicyclic) bond motifs is 3. The molecule has 0 saturated carbocycles. The van der Waals surface area contributed by atoms with Gasteiger partial charge in [-0.15, -0.1) is 0 Å². The van der Waals surface area contributed by atoms with E-state index in [2.05, 4.69) is 86.7 Å². The first kappa shape index (κ1) is 33.6. The van der Waals surface area contributed by atoms with Crippen molar-refractivity contribution >= 4 is 35.4 Å². The second kappa shape index (κ2) is 16.7. The number of rotatable bonds is 17. The Morgan fingerprint density at radius 2 is 0.911 bits per heavy atom. The average molecular weight is 638 g/mol. The summed E-state index contributed by atoms with van der Waals surface area (Å²) >= 11 is 12.4. The molecular weight excluding hydrogens is 587 g/mol. The third kappa shape index (κ3) is 8.52. The smallest absolute Gasteiger partial charge is 0.0406 e. The van der Waals surface area contributed by atoms with E-state index in [4.69, 9.17) is 23.2 Å². The molecule has 4 aromatic rings. The second-order valence-electron chi connectivity index (χ2n) is 13.1. The van der Waals surface area contributed by atoms with Gasteiger partial charge < -0.3 is 0 Å². The zero-order valence-corrected chi connectivity index (χ0v) is 28.9. The molecule has 0 unspecified atom stereocenters. The van der Waals surface area contributed by atoms with Crippen LogP contribution >= 0.6 is 23.2 Å². The van der Waals surface area contributed by atoms with Gasteiger partial charge in [-0.25, -0.2) is 0 Å². The standard InChI is InChI=1S/C43H50Cl2/c1-3-5-7-9-11-13-29-43(30-14-12-10-8-6-4-2)41-31-34(16-15-33-17-23-37(44)24-18-33)19-27-39(41)40-28-22-36(32-42(40)43)35-20-25-38(45)26-21-35/h15-28,31-32H,3-14,29-30H2,1-2H3/b16-15+. The zero-order chi connectivity index (χ0) is 31.5. The molecule has 1 aliphatic carbocycles. The summed E-state index contributed by atoms with van der Waals surface area (Å²) in [6.07, 6.45) is 22.8. The minimum Gasteiger partial charge on any atom is -0.0843 e. The fourth-order valence-corrected chi connectivity index (χ4v) is 7.53. The number of hydrogen-bond donors (Lipinski definition) is 0. The van der Waals surface area contributed by atoms with Crippen LogP contribution < -0.4 is 0 Å². The predicted molar refractivity (Wildman–Crippen MR) is 199 cm³/mol. The van der Waals surface area contributed by atoms with E-state index >= 15 is 0 Å². The van der Waals surface area contributed by atoms with Gasteiger partial charge in [0.25, 0.3) is 0 Å². The fourth-order valence-electron chi connectivity index (χ4n) is 7.28. The van der Waals surface area contributed by atoms with Crippen molar-refractivity contribution < 1.29 is 0 Å². The first-order valence-electron chi connectivity index (χ1n) is 17.5. The maximum atomic E-state index is 6.28. The Bertz CT molecular complexity index is 1510. The van der Waals surface area contributed by atoms with Gasteiger partial charge in [-0.2, -0.15) is 0 Å². The Morgan fingerprint density at radius 3 is 1.51 bits per heavy atom. The summed E-state index contributed by atoms with van der Waals surface area (Å²) < 4.78 is 0. The van der Waals surface area contributed by atoms with Gasteiger partial charge in [-0.3, -0.25) is 0 Å². The van der Waals surface area contributed by atoms with Crippen molar-refractivity contribution in [1.82, 2.24) is 0 Å². The molecule has 0 atom stereocenters. The number of hydrogen-bond acceptors (Lipinski definition) is 0. The van der Waals surface area contributed by atoms with Gasteiger partial charge in [0, 0.05) is 15.5 Å². The van der Waals surface area contributed by atoms with Crippen LogP contribution in [-0.2, 0) is 5.41 Å². The Labute approximate surface area is 282 Å². The Balaban J connectivity index is 1.53. The monoisotopic (exact) mass is 636 g/mol. The van der Waals surface area contributed by atoms with E-state index in [1.54, 1.807) is 0 Å². The van der Waals surface area contributed by atoms with Gasteiger partial charge in [0.15, 0.2) is 0 Å². The van der Waals surface area contributed by atoms with Gasteiger partial charge in [0.2, 0.25) is 0 Å². The van der Waals surface area contributed by atoms with Gasteiger partial charge in [0.1, 0.15) is 0 Å². The predicted octanol–water partition coefficient (Wildman–Crippen LogP) is 14.6. The SMILES string of the molecule is CCCCCCCCC1(CCCCCCCC)c2cc(/C=C/c3ccc(Cl)cc3)ccc2-c2ccc(-c3ccc(Cl)cc3)cc21. The number of halogens is 2. The first-order valence-corrected chi connectivity index (χ1v) is 18.3. The van der Waals surface area contributed by atoms with E-state index in [1.807, 2.05) is 24.3 Å². The number of benzene rings is 4. The quantitative estimate of drug-likeness (QED) is 0.0798. The molecule has 0 bridgehead atoms. The highest BCUT2D eigenvalue weighted by Gasteiger charge is 2.42. The van der Waals surface area contributed by atoms with E-state index < -0.39 is 0 Å². The summed E-state index contributed by atoms with van der Waals surface area (Å²) in [7, 11) is 0. The van der Waals surface area contributed by atoms with Crippen LogP contribution in [0.3, 0.4) is 0 Å². The van der Waals surface area contributed by atoms with E-state index in [9.17, 15) is 0 Å². The van der Waals surface area contributed by atoms with E-state index in [0.717, 1.165) is 10.0 Å². The largest absolute Gasteiger partial charge is 0.0843 e. The van der Waals surface area contributed by atoms with Crippen LogP contribution in [0, 0.1) is 0 Å². The third-order valence-electron chi connectivity index (χ3n) is 9.81. The molecule has 0 spiro atoms. The van der Waals surface area contributed by atoms with E-state index in [0.29, 0.717) is 0 Å². The molecule has 0 aromatic heterocycles. The van der Waals surface area contributed by atoms with Crippen molar-refractivity contribution in [3.8, 4) is 22.3 Å². The fraction of sp³-hybridized carbons (Fsp3) is 0.395. The lowest BCUT2D eigenvalue weighted by molar-refractivity contribution is 0.398. The maximum absolute atomic E-state index is 6.28. The molecule has 2 heteroatoms. The van der Waals surface area contributed by atoms with Crippen molar-refractivity contribution in [2.45, 2.75) is 109 Å². The minimum absolute atomic E-state index is 0.0345. The topological polar surface area (TPSA) is 0 Å². The van der Waals surface area contributed by atoms with Crippen LogP contribution in [0.25, 0.3) is 34.4 Å². The Morgan fingerprint density at radius 1 is 0.467 bits per heavy atom. The van der Waals surface area contributed by atoms with Crippen LogP contribution in [0.5, 0.6) is 0 Å². The maximum Gasteiger partial charge on any atom is 0.0406 e. The van der Waals surface area contributed by atoms with Crippen LogP contribution in [0.1, 0.15) is 126 Å². The van der Waals surface area contributed by atoms with Crippen molar-refractivity contribution in [3.63, 3.8) is 0 Å². The summed E-state index contributed by atoms with van der Waals surface area (Å²) in [5.41, 5.74) is 10.9. The third-order valence-corrected chi connectivity index (χ3v) is 10.3. The molecule has 0 N–H and O–H groups in total. The van der Waals surface area contributed by atoms with Gasteiger partial charge in [0.05, 0.1) is 0 Å². The van der Waals surface area contributed by atoms with E-state index in [1.165, 1.54) is 134 Å². The Hall–Kier alpha value is -2.80. The second-order valence-corrected chi connectivity index (χ2v) is 13.9. The summed E-state index contributed by atoms with van der Waals surface area (Å²) in [6.45, 7) is 4.61. The normalized spacial score (nSPS) is 13.3. The molecule has 0 radical (unpaired) electrons. The summed E-state index contributed by atoms with van der Waals surface area (Å²) in [6, 6.07) is 30.9. The molecule has 4 aromatic carbocycles. The lowest BCUT2D eigenvalue weighted by Gasteiger charge is -2.33. The first-order chi connectivity index (χ1) is 22.0. The molecule has 236 valence electrons.